The molecule has 2 amide bonds. The molecular formula is C10H16N2O3. The summed E-state index contributed by atoms with van der Waals surface area (Å²) in [5, 5.41) is 13.4. The number of urea groups is 1. The molecule has 0 heterocycles. The Bertz CT molecular complexity index is 270. The van der Waals surface area contributed by atoms with Crippen LogP contribution in [0.3, 0.4) is 0 Å². The molecule has 0 radical (unpaired) electrons. The number of hydrogen-bond donors (Lipinski definition) is 3. The van der Waals surface area contributed by atoms with E-state index < -0.39 is 18.0 Å². The lowest BCUT2D eigenvalue weighted by molar-refractivity contribution is -0.138. The van der Waals surface area contributed by atoms with Gasteiger partial charge in [-0.1, -0.05) is 6.92 Å². The molecule has 0 aromatic rings. The highest BCUT2D eigenvalue weighted by molar-refractivity contribution is 5.82. The Hall–Kier alpha value is -1.70. The minimum Gasteiger partial charge on any atom is -0.480 e. The Kier molecular flexibility index (Phi) is 5.95. The monoisotopic (exact) mass is 212 g/mol. The quantitative estimate of drug-likeness (QED) is 0.583. The van der Waals surface area contributed by atoms with Gasteiger partial charge in [-0.05, 0) is 13.3 Å². The third-order valence-corrected chi connectivity index (χ3v) is 1.91. The van der Waals surface area contributed by atoms with Gasteiger partial charge in [0.15, 0.2) is 0 Å². The summed E-state index contributed by atoms with van der Waals surface area (Å²) in [6.07, 6.45) is 6.26. The first-order valence-electron chi connectivity index (χ1n) is 4.74. The maximum Gasteiger partial charge on any atom is 0.325 e. The third-order valence-electron chi connectivity index (χ3n) is 1.91. The molecule has 2 atom stereocenters. The summed E-state index contributed by atoms with van der Waals surface area (Å²) in [6, 6.07) is -1.53. The van der Waals surface area contributed by atoms with Gasteiger partial charge in [-0.2, -0.15) is 0 Å². The number of carbonyl (C=O) groups is 2. The highest BCUT2D eigenvalue weighted by Crippen LogP contribution is 1.95. The van der Waals surface area contributed by atoms with Crippen LogP contribution in [0.15, 0.2) is 0 Å². The smallest absolute Gasteiger partial charge is 0.325 e. The minimum atomic E-state index is -1.07. The number of hydrogen-bond acceptors (Lipinski definition) is 2. The summed E-state index contributed by atoms with van der Waals surface area (Å²) < 4.78 is 0. The summed E-state index contributed by atoms with van der Waals surface area (Å²) in [4.78, 5) is 21.7. The number of carboxylic acid groups (broad SMARTS) is 1. The first kappa shape index (κ1) is 13.3. The van der Waals surface area contributed by atoms with Crippen molar-refractivity contribution in [1.29, 1.82) is 0 Å². The lowest BCUT2D eigenvalue weighted by Gasteiger charge is -2.16. The second-order valence-corrected chi connectivity index (χ2v) is 3.19. The van der Waals surface area contributed by atoms with Gasteiger partial charge in [0.2, 0.25) is 0 Å². The van der Waals surface area contributed by atoms with Crippen molar-refractivity contribution in [3.63, 3.8) is 0 Å². The maximum atomic E-state index is 11.2. The second kappa shape index (κ2) is 6.71. The molecule has 0 fully saturated rings. The molecule has 0 saturated heterocycles. The van der Waals surface area contributed by atoms with Gasteiger partial charge in [-0.15, -0.1) is 12.3 Å². The number of nitrogens with one attached hydrogen (secondary N) is 2. The molecule has 0 spiro atoms. The van der Waals surface area contributed by atoms with E-state index in [-0.39, 0.29) is 6.04 Å². The largest absolute Gasteiger partial charge is 0.480 e. The van der Waals surface area contributed by atoms with Gasteiger partial charge in [0.05, 0.1) is 0 Å². The minimum absolute atomic E-state index is 0.115. The first-order valence-corrected chi connectivity index (χ1v) is 4.74. The predicted octanol–water partition coefficient (Wildman–Crippen LogP) is 0.561. The van der Waals surface area contributed by atoms with Crippen LogP contribution in [-0.2, 0) is 4.79 Å². The van der Waals surface area contributed by atoms with Gasteiger partial charge in [-0.3, -0.25) is 4.79 Å². The Morgan fingerprint density at radius 2 is 2.07 bits per heavy atom. The Labute approximate surface area is 89.2 Å². The summed E-state index contributed by atoms with van der Waals surface area (Å²) in [5.41, 5.74) is 0. The van der Waals surface area contributed by atoms with E-state index in [1.165, 1.54) is 6.92 Å². The maximum absolute atomic E-state index is 11.2. The van der Waals surface area contributed by atoms with E-state index in [4.69, 9.17) is 11.5 Å². The standard InChI is InChI=1S/C10H16N2O3/c1-4-6-8(5-2)12-10(15)11-7(3)9(13)14/h1,7-8H,5-6H2,2-3H3,(H,13,14)(H2,11,12,15)/t7-,8?/m1/s1. The number of terminal acetylenes is 1. The Morgan fingerprint density at radius 1 is 1.47 bits per heavy atom. The number of amides is 2. The average Bonchev–Trinajstić information content (AvgIpc) is 2.16. The average molecular weight is 212 g/mol. The lowest BCUT2D eigenvalue weighted by Crippen LogP contribution is -2.47. The van der Waals surface area contributed by atoms with Crippen LogP contribution in [-0.4, -0.2) is 29.2 Å². The molecule has 0 bridgehead atoms. The molecular weight excluding hydrogens is 196 g/mol. The number of carboxylic acids is 1. The van der Waals surface area contributed by atoms with E-state index >= 15 is 0 Å². The topological polar surface area (TPSA) is 78.4 Å². The highest BCUT2D eigenvalue weighted by Gasteiger charge is 2.15. The summed E-state index contributed by atoms with van der Waals surface area (Å²) in [7, 11) is 0. The molecule has 3 N–H and O–H groups in total. The third kappa shape index (κ3) is 5.57. The number of rotatable bonds is 5. The molecule has 0 aromatic heterocycles. The van der Waals surface area contributed by atoms with Gasteiger partial charge >= 0.3 is 12.0 Å². The van der Waals surface area contributed by atoms with E-state index in [2.05, 4.69) is 16.6 Å². The van der Waals surface area contributed by atoms with Crippen molar-refractivity contribution < 1.29 is 14.7 Å². The van der Waals surface area contributed by atoms with Crippen molar-refractivity contribution in [3.8, 4) is 12.3 Å². The van der Waals surface area contributed by atoms with Gasteiger partial charge < -0.3 is 15.7 Å². The van der Waals surface area contributed by atoms with Crippen LogP contribution in [0, 0.1) is 12.3 Å². The molecule has 5 heteroatoms. The fourth-order valence-electron chi connectivity index (χ4n) is 0.925. The van der Waals surface area contributed by atoms with E-state index in [9.17, 15) is 9.59 Å². The molecule has 15 heavy (non-hydrogen) atoms. The molecule has 5 nitrogen and oxygen atoms in total. The second-order valence-electron chi connectivity index (χ2n) is 3.19. The fourth-order valence-corrected chi connectivity index (χ4v) is 0.925. The van der Waals surface area contributed by atoms with Crippen LogP contribution >= 0.6 is 0 Å². The molecule has 0 aliphatic heterocycles. The van der Waals surface area contributed by atoms with Crippen LogP contribution in [0.5, 0.6) is 0 Å². The Balaban J connectivity index is 4.02. The molecule has 0 aliphatic carbocycles. The van der Waals surface area contributed by atoms with Gasteiger partial charge in [-0.25, -0.2) is 4.79 Å². The van der Waals surface area contributed by atoms with Crippen molar-refractivity contribution in [1.82, 2.24) is 10.6 Å². The van der Waals surface area contributed by atoms with E-state index in [1.807, 2.05) is 6.92 Å². The molecule has 0 aliphatic rings. The summed E-state index contributed by atoms with van der Waals surface area (Å²) >= 11 is 0. The van der Waals surface area contributed by atoms with E-state index in [1.54, 1.807) is 0 Å². The van der Waals surface area contributed by atoms with Crippen LogP contribution in [0.2, 0.25) is 0 Å². The molecule has 0 rings (SSSR count). The van der Waals surface area contributed by atoms with Crippen molar-refractivity contribution in [3.05, 3.63) is 0 Å². The Morgan fingerprint density at radius 3 is 2.47 bits per heavy atom. The van der Waals surface area contributed by atoms with Crippen LogP contribution in [0.25, 0.3) is 0 Å². The summed E-state index contributed by atoms with van der Waals surface area (Å²) in [5.74, 6) is 1.37. The van der Waals surface area contributed by atoms with Gasteiger partial charge in [0, 0.05) is 12.5 Å². The molecule has 84 valence electrons. The molecule has 1 unspecified atom stereocenters. The zero-order valence-corrected chi connectivity index (χ0v) is 8.91. The number of aliphatic carboxylic acids is 1. The van der Waals surface area contributed by atoms with Crippen molar-refractivity contribution in [2.45, 2.75) is 38.8 Å². The van der Waals surface area contributed by atoms with Crippen molar-refractivity contribution in [2.24, 2.45) is 0 Å². The lowest BCUT2D eigenvalue weighted by atomic mass is 10.1. The SMILES string of the molecule is C#CCC(CC)NC(=O)N[C@H](C)C(=O)O. The summed E-state index contributed by atoms with van der Waals surface area (Å²) in [6.45, 7) is 3.28. The van der Waals surface area contributed by atoms with Crippen LogP contribution in [0.4, 0.5) is 4.79 Å². The zero-order valence-electron chi connectivity index (χ0n) is 8.91. The van der Waals surface area contributed by atoms with Crippen LogP contribution in [0.1, 0.15) is 26.7 Å². The highest BCUT2D eigenvalue weighted by atomic mass is 16.4. The normalized spacial score (nSPS) is 13.4. The predicted molar refractivity (Wildman–Crippen MR) is 56.3 cm³/mol. The zero-order chi connectivity index (χ0) is 11.8. The first-order chi connectivity index (χ1) is 7.01. The van der Waals surface area contributed by atoms with Gasteiger partial charge in [0.25, 0.3) is 0 Å². The number of carbonyl (C=O) groups excluding carboxylic acids is 1. The van der Waals surface area contributed by atoms with E-state index in [0.29, 0.717) is 12.8 Å². The van der Waals surface area contributed by atoms with Crippen molar-refractivity contribution >= 4 is 12.0 Å². The van der Waals surface area contributed by atoms with Crippen molar-refractivity contribution in [2.75, 3.05) is 0 Å². The van der Waals surface area contributed by atoms with E-state index in [0.717, 1.165) is 0 Å². The fraction of sp³-hybridized carbons (Fsp3) is 0.600. The van der Waals surface area contributed by atoms with Crippen LogP contribution < -0.4 is 10.6 Å². The van der Waals surface area contributed by atoms with Gasteiger partial charge in [0.1, 0.15) is 6.04 Å². The molecule has 0 saturated carbocycles. The molecule has 0 aromatic carbocycles.